The fraction of sp³-hybridized carbons (Fsp3) is 0.444. The monoisotopic (exact) mass is 293 g/mol. The molecule has 15 heavy (non-hydrogen) atoms. The van der Waals surface area contributed by atoms with Crippen molar-refractivity contribution in [2.45, 2.75) is 13.0 Å². The number of ether oxygens (including phenoxy) is 1. The van der Waals surface area contributed by atoms with E-state index in [0.29, 0.717) is 10.6 Å². The molecule has 1 aromatic rings. The van der Waals surface area contributed by atoms with Crippen LogP contribution in [0.1, 0.15) is 16.6 Å². The average Bonchev–Trinajstić information content (AvgIpc) is 2.56. The Hall–Kier alpha value is -0.590. The highest BCUT2D eigenvalue weighted by Crippen LogP contribution is 2.34. The van der Waals surface area contributed by atoms with Crippen molar-refractivity contribution in [3.8, 4) is 5.75 Å². The van der Waals surface area contributed by atoms with Crippen LogP contribution in [0.4, 0.5) is 0 Å². The number of amides is 1. The maximum atomic E-state index is 11.5. The van der Waals surface area contributed by atoms with Gasteiger partial charge in [-0.15, -0.1) is 11.3 Å². The third-order valence-electron chi connectivity index (χ3n) is 1.66. The molecule has 0 radical (unpaired) electrons. The molecule has 6 heteroatoms. The number of hydrogen-bond acceptors (Lipinski definition) is 4. The number of methoxy groups -OCH3 is 1. The molecule has 0 fully saturated rings. The van der Waals surface area contributed by atoms with E-state index in [1.807, 2.05) is 0 Å². The Labute approximate surface area is 100 Å². The van der Waals surface area contributed by atoms with E-state index < -0.39 is 6.10 Å². The summed E-state index contributed by atoms with van der Waals surface area (Å²) in [4.78, 5) is 12.1. The first-order valence-electron chi connectivity index (χ1n) is 4.34. The smallest absolute Gasteiger partial charge is 0.261 e. The lowest BCUT2D eigenvalue weighted by Gasteiger charge is -2.04. The van der Waals surface area contributed by atoms with Gasteiger partial charge >= 0.3 is 0 Å². The second-order valence-corrected chi connectivity index (χ2v) is 5.38. The zero-order valence-corrected chi connectivity index (χ0v) is 10.8. The Balaban J connectivity index is 2.66. The molecule has 0 bridgehead atoms. The lowest BCUT2D eigenvalue weighted by atomic mass is 10.4. The van der Waals surface area contributed by atoms with Crippen molar-refractivity contribution >= 4 is 33.2 Å². The number of carbonyl (C=O) groups excluding carboxylic acids is 1. The van der Waals surface area contributed by atoms with Crippen molar-refractivity contribution in [3.05, 3.63) is 14.7 Å². The topological polar surface area (TPSA) is 58.6 Å². The Morgan fingerprint density at radius 3 is 2.93 bits per heavy atom. The summed E-state index contributed by atoms with van der Waals surface area (Å²) in [5.41, 5.74) is 0. The SMILES string of the molecule is COc1cc(C(=O)NCC(C)O)sc1Br. The van der Waals surface area contributed by atoms with Crippen LogP contribution in [0.3, 0.4) is 0 Å². The van der Waals surface area contributed by atoms with Crippen molar-refractivity contribution < 1.29 is 14.6 Å². The fourth-order valence-corrected chi connectivity index (χ4v) is 2.50. The molecule has 0 aromatic carbocycles. The van der Waals surface area contributed by atoms with Gasteiger partial charge in [-0.1, -0.05) is 0 Å². The third kappa shape index (κ3) is 3.48. The van der Waals surface area contributed by atoms with Gasteiger partial charge in [0, 0.05) is 12.6 Å². The molecule has 1 atom stereocenters. The first-order valence-corrected chi connectivity index (χ1v) is 5.95. The molecule has 1 aromatic heterocycles. The van der Waals surface area contributed by atoms with E-state index in [4.69, 9.17) is 9.84 Å². The number of aliphatic hydroxyl groups is 1. The number of carbonyl (C=O) groups is 1. The maximum absolute atomic E-state index is 11.5. The molecule has 84 valence electrons. The van der Waals surface area contributed by atoms with E-state index in [2.05, 4.69) is 21.2 Å². The summed E-state index contributed by atoms with van der Waals surface area (Å²) in [6, 6.07) is 1.66. The Bertz CT molecular complexity index is 351. The minimum atomic E-state index is -0.542. The van der Waals surface area contributed by atoms with E-state index in [0.717, 1.165) is 3.79 Å². The number of aliphatic hydroxyl groups excluding tert-OH is 1. The Kier molecular flexibility index (Phi) is 4.56. The van der Waals surface area contributed by atoms with Gasteiger partial charge in [0.2, 0.25) is 0 Å². The Morgan fingerprint density at radius 1 is 1.80 bits per heavy atom. The van der Waals surface area contributed by atoms with E-state index in [1.54, 1.807) is 20.1 Å². The Morgan fingerprint density at radius 2 is 2.47 bits per heavy atom. The lowest BCUT2D eigenvalue weighted by molar-refractivity contribution is 0.0928. The van der Waals surface area contributed by atoms with Gasteiger partial charge in [-0.2, -0.15) is 0 Å². The number of halogens is 1. The number of rotatable bonds is 4. The average molecular weight is 294 g/mol. The highest BCUT2D eigenvalue weighted by molar-refractivity contribution is 9.11. The predicted octanol–water partition coefficient (Wildman–Crippen LogP) is 1.63. The zero-order valence-electron chi connectivity index (χ0n) is 8.41. The summed E-state index contributed by atoms with van der Waals surface area (Å²) < 4.78 is 5.82. The molecule has 1 rings (SSSR count). The van der Waals surface area contributed by atoms with Crippen LogP contribution in [0.25, 0.3) is 0 Å². The second-order valence-electron chi connectivity index (χ2n) is 3.01. The molecule has 0 aliphatic rings. The van der Waals surface area contributed by atoms with Crippen LogP contribution in [-0.4, -0.2) is 30.8 Å². The van der Waals surface area contributed by atoms with Crippen molar-refractivity contribution in [2.75, 3.05) is 13.7 Å². The van der Waals surface area contributed by atoms with E-state index in [-0.39, 0.29) is 12.5 Å². The fourth-order valence-electron chi connectivity index (χ4n) is 0.931. The molecule has 0 aliphatic carbocycles. The molecule has 0 saturated heterocycles. The molecule has 1 heterocycles. The van der Waals surface area contributed by atoms with Crippen LogP contribution in [0.2, 0.25) is 0 Å². The van der Waals surface area contributed by atoms with Crippen LogP contribution in [0.5, 0.6) is 5.75 Å². The molecular weight excluding hydrogens is 282 g/mol. The summed E-state index contributed by atoms with van der Waals surface area (Å²) in [7, 11) is 1.55. The third-order valence-corrected chi connectivity index (χ3v) is 3.44. The van der Waals surface area contributed by atoms with Gasteiger partial charge in [0.15, 0.2) is 0 Å². The highest BCUT2D eigenvalue weighted by atomic mass is 79.9. The molecule has 4 nitrogen and oxygen atoms in total. The maximum Gasteiger partial charge on any atom is 0.261 e. The molecule has 1 unspecified atom stereocenters. The van der Waals surface area contributed by atoms with Crippen LogP contribution in [-0.2, 0) is 0 Å². The first kappa shape index (κ1) is 12.5. The number of nitrogens with one attached hydrogen (secondary N) is 1. The van der Waals surface area contributed by atoms with Gasteiger partial charge in [0.05, 0.1) is 18.1 Å². The van der Waals surface area contributed by atoms with E-state index >= 15 is 0 Å². The summed E-state index contributed by atoms with van der Waals surface area (Å²) in [5.74, 6) is 0.437. The summed E-state index contributed by atoms with van der Waals surface area (Å²) in [6.07, 6.45) is -0.542. The first-order chi connectivity index (χ1) is 7.04. The van der Waals surface area contributed by atoms with E-state index in [9.17, 15) is 4.79 Å². The largest absolute Gasteiger partial charge is 0.495 e. The molecule has 0 spiro atoms. The predicted molar refractivity (Wildman–Crippen MR) is 62.6 cm³/mol. The molecule has 0 aliphatic heterocycles. The molecule has 2 N–H and O–H groups in total. The number of thiophene rings is 1. The summed E-state index contributed by atoms with van der Waals surface area (Å²) >= 11 is 4.59. The quantitative estimate of drug-likeness (QED) is 0.887. The van der Waals surface area contributed by atoms with Crippen LogP contribution < -0.4 is 10.1 Å². The van der Waals surface area contributed by atoms with Gasteiger partial charge in [-0.3, -0.25) is 4.79 Å². The molecule has 0 saturated carbocycles. The van der Waals surface area contributed by atoms with Gasteiger partial charge in [0.25, 0.3) is 5.91 Å². The van der Waals surface area contributed by atoms with Gasteiger partial charge in [-0.05, 0) is 22.9 Å². The second kappa shape index (κ2) is 5.48. The highest BCUT2D eigenvalue weighted by Gasteiger charge is 2.13. The molecule has 1 amide bonds. The van der Waals surface area contributed by atoms with Crippen molar-refractivity contribution in [1.29, 1.82) is 0 Å². The van der Waals surface area contributed by atoms with Crippen molar-refractivity contribution in [3.63, 3.8) is 0 Å². The summed E-state index contributed by atoms with van der Waals surface area (Å²) in [5, 5.41) is 11.6. The van der Waals surface area contributed by atoms with Crippen LogP contribution in [0, 0.1) is 0 Å². The lowest BCUT2D eigenvalue weighted by Crippen LogP contribution is -2.29. The van der Waals surface area contributed by atoms with Crippen LogP contribution in [0.15, 0.2) is 9.85 Å². The standard InChI is InChI=1S/C9H12BrNO3S/c1-5(12)4-11-9(13)7-3-6(14-2)8(10)15-7/h3,5,12H,4H2,1-2H3,(H,11,13). The van der Waals surface area contributed by atoms with Gasteiger partial charge in [0.1, 0.15) is 9.54 Å². The van der Waals surface area contributed by atoms with Crippen molar-refractivity contribution in [1.82, 2.24) is 5.32 Å². The van der Waals surface area contributed by atoms with Gasteiger partial charge in [-0.25, -0.2) is 0 Å². The zero-order chi connectivity index (χ0) is 11.4. The minimum absolute atomic E-state index is 0.204. The van der Waals surface area contributed by atoms with E-state index in [1.165, 1.54) is 11.3 Å². The normalized spacial score (nSPS) is 12.3. The minimum Gasteiger partial charge on any atom is -0.495 e. The summed E-state index contributed by atoms with van der Waals surface area (Å²) in [6.45, 7) is 1.86. The van der Waals surface area contributed by atoms with Crippen molar-refractivity contribution in [2.24, 2.45) is 0 Å². The molecular formula is C9H12BrNO3S. The van der Waals surface area contributed by atoms with Crippen LogP contribution >= 0.6 is 27.3 Å². The number of hydrogen-bond donors (Lipinski definition) is 2. The van der Waals surface area contributed by atoms with Gasteiger partial charge < -0.3 is 15.2 Å².